The average Bonchev–Trinajstić information content (AvgIpc) is 3.23. The molecule has 7 nitrogen and oxygen atoms in total. The van der Waals surface area contributed by atoms with Crippen molar-refractivity contribution < 1.29 is 8.94 Å². The Morgan fingerprint density at radius 1 is 1.16 bits per heavy atom. The number of halogens is 1. The Labute approximate surface area is 151 Å². The molecular weight excluding hydrogens is 342 g/mol. The van der Waals surface area contributed by atoms with Gasteiger partial charge < -0.3 is 14.3 Å². The predicted molar refractivity (Wildman–Crippen MR) is 95.5 cm³/mol. The SMILES string of the molecule is Cc1oc(-c2ccccc2)nc1-c1nc(C2CNCCN2C)no1.Cl. The van der Waals surface area contributed by atoms with Crippen LogP contribution in [0.25, 0.3) is 23.0 Å². The number of benzene rings is 1. The Balaban J connectivity index is 0.00000182. The summed E-state index contributed by atoms with van der Waals surface area (Å²) < 4.78 is 11.2. The van der Waals surface area contributed by atoms with E-state index in [4.69, 9.17) is 8.94 Å². The van der Waals surface area contributed by atoms with Gasteiger partial charge in [0.25, 0.3) is 5.89 Å². The minimum Gasteiger partial charge on any atom is -0.441 e. The second-order valence-corrected chi connectivity index (χ2v) is 5.95. The van der Waals surface area contributed by atoms with E-state index in [-0.39, 0.29) is 18.4 Å². The van der Waals surface area contributed by atoms with Crippen molar-refractivity contribution in [3.63, 3.8) is 0 Å². The Morgan fingerprint density at radius 2 is 1.96 bits per heavy atom. The van der Waals surface area contributed by atoms with Crippen molar-refractivity contribution >= 4 is 12.4 Å². The first-order chi connectivity index (χ1) is 11.7. The van der Waals surface area contributed by atoms with Crippen LogP contribution in [0.2, 0.25) is 0 Å². The molecule has 0 amide bonds. The van der Waals surface area contributed by atoms with Crippen LogP contribution in [0.15, 0.2) is 39.3 Å². The van der Waals surface area contributed by atoms with Gasteiger partial charge in [0.1, 0.15) is 5.76 Å². The Morgan fingerprint density at radius 3 is 2.72 bits per heavy atom. The van der Waals surface area contributed by atoms with E-state index in [0.717, 1.165) is 25.2 Å². The van der Waals surface area contributed by atoms with E-state index in [0.29, 0.717) is 29.1 Å². The van der Waals surface area contributed by atoms with Gasteiger partial charge in [0, 0.05) is 25.2 Å². The zero-order chi connectivity index (χ0) is 16.5. The summed E-state index contributed by atoms with van der Waals surface area (Å²) >= 11 is 0. The molecule has 8 heteroatoms. The van der Waals surface area contributed by atoms with Gasteiger partial charge in [-0.1, -0.05) is 23.4 Å². The fourth-order valence-electron chi connectivity index (χ4n) is 2.86. The number of piperazine rings is 1. The van der Waals surface area contributed by atoms with Crippen molar-refractivity contribution in [3.05, 3.63) is 41.9 Å². The molecule has 1 aromatic carbocycles. The maximum Gasteiger partial charge on any atom is 0.280 e. The molecule has 1 N–H and O–H groups in total. The number of hydrogen-bond acceptors (Lipinski definition) is 7. The third kappa shape index (κ3) is 3.44. The van der Waals surface area contributed by atoms with Gasteiger partial charge in [0.05, 0.1) is 6.04 Å². The minimum absolute atomic E-state index is 0. The van der Waals surface area contributed by atoms with Gasteiger partial charge in [-0.2, -0.15) is 4.98 Å². The second-order valence-electron chi connectivity index (χ2n) is 5.95. The second kappa shape index (κ2) is 7.35. The van der Waals surface area contributed by atoms with Crippen molar-refractivity contribution in [2.75, 3.05) is 26.7 Å². The standard InChI is InChI=1S/C17H19N5O2.ClH/c1-11-14(19-16(23-11)12-6-4-3-5-7-12)17-20-15(21-24-17)13-10-18-8-9-22(13)2;/h3-7,13,18H,8-10H2,1-2H3;1H. The zero-order valence-corrected chi connectivity index (χ0v) is 14.9. The van der Waals surface area contributed by atoms with Crippen molar-refractivity contribution in [2.45, 2.75) is 13.0 Å². The topological polar surface area (TPSA) is 80.2 Å². The number of rotatable bonds is 3. The van der Waals surface area contributed by atoms with E-state index in [1.54, 1.807) is 0 Å². The smallest absolute Gasteiger partial charge is 0.280 e. The molecule has 0 spiro atoms. The fraction of sp³-hybridized carbons (Fsp3) is 0.353. The van der Waals surface area contributed by atoms with Gasteiger partial charge in [0.15, 0.2) is 11.5 Å². The first-order valence-corrected chi connectivity index (χ1v) is 8.00. The van der Waals surface area contributed by atoms with Crippen LogP contribution >= 0.6 is 12.4 Å². The number of aromatic nitrogens is 3. The Hall–Kier alpha value is -2.22. The molecule has 1 saturated heterocycles. The van der Waals surface area contributed by atoms with E-state index in [9.17, 15) is 0 Å². The molecule has 0 radical (unpaired) electrons. The van der Waals surface area contributed by atoms with Crippen molar-refractivity contribution in [1.29, 1.82) is 0 Å². The highest BCUT2D eigenvalue weighted by atomic mass is 35.5. The van der Waals surface area contributed by atoms with E-state index in [1.165, 1.54) is 0 Å². The molecule has 0 saturated carbocycles. The summed E-state index contributed by atoms with van der Waals surface area (Å²) in [4.78, 5) is 11.3. The quantitative estimate of drug-likeness (QED) is 0.768. The summed E-state index contributed by atoms with van der Waals surface area (Å²) in [5.41, 5.74) is 1.52. The number of hydrogen-bond donors (Lipinski definition) is 1. The van der Waals surface area contributed by atoms with Gasteiger partial charge >= 0.3 is 0 Å². The van der Waals surface area contributed by atoms with Gasteiger partial charge in [-0.3, -0.25) is 4.90 Å². The lowest BCUT2D eigenvalue weighted by Gasteiger charge is -2.30. The molecule has 0 aliphatic carbocycles. The van der Waals surface area contributed by atoms with Crippen LogP contribution in [-0.2, 0) is 0 Å². The molecule has 3 aromatic rings. The van der Waals surface area contributed by atoms with E-state index in [1.807, 2.05) is 37.3 Å². The van der Waals surface area contributed by atoms with E-state index in [2.05, 4.69) is 32.4 Å². The van der Waals surface area contributed by atoms with Crippen LogP contribution in [0.1, 0.15) is 17.6 Å². The molecule has 4 rings (SSSR count). The van der Waals surface area contributed by atoms with Crippen molar-refractivity contribution in [2.24, 2.45) is 0 Å². The fourth-order valence-corrected chi connectivity index (χ4v) is 2.86. The summed E-state index contributed by atoms with van der Waals surface area (Å²) in [5.74, 6) is 2.29. The summed E-state index contributed by atoms with van der Waals surface area (Å²) in [7, 11) is 2.07. The molecular formula is C17H20ClN5O2. The van der Waals surface area contributed by atoms with Gasteiger partial charge in [0.2, 0.25) is 5.89 Å². The lowest BCUT2D eigenvalue weighted by Crippen LogP contribution is -2.44. The number of nitrogens with one attached hydrogen (secondary N) is 1. The largest absolute Gasteiger partial charge is 0.441 e. The van der Waals surface area contributed by atoms with Crippen LogP contribution in [0.3, 0.4) is 0 Å². The zero-order valence-electron chi connectivity index (χ0n) is 14.1. The van der Waals surface area contributed by atoms with E-state index < -0.39 is 0 Å². The first-order valence-electron chi connectivity index (χ1n) is 8.00. The van der Waals surface area contributed by atoms with Crippen LogP contribution in [-0.4, -0.2) is 46.7 Å². The molecule has 0 bridgehead atoms. The Bertz CT molecular complexity index is 833. The minimum atomic E-state index is 0. The summed E-state index contributed by atoms with van der Waals surface area (Å²) in [6, 6.07) is 9.88. The lowest BCUT2D eigenvalue weighted by molar-refractivity contribution is 0.190. The first kappa shape index (κ1) is 17.6. The summed E-state index contributed by atoms with van der Waals surface area (Å²) in [5, 5.41) is 7.49. The maximum atomic E-state index is 5.77. The third-order valence-electron chi connectivity index (χ3n) is 4.27. The molecule has 2 aromatic heterocycles. The average molecular weight is 362 g/mol. The monoisotopic (exact) mass is 361 g/mol. The number of nitrogens with zero attached hydrogens (tertiary/aromatic N) is 4. The number of aryl methyl sites for hydroxylation is 1. The van der Waals surface area contributed by atoms with Crippen LogP contribution in [0.4, 0.5) is 0 Å². The Kier molecular flexibility index (Phi) is 5.17. The summed E-state index contributed by atoms with van der Waals surface area (Å²) in [6.07, 6.45) is 0. The highest BCUT2D eigenvalue weighted by Gasteiger charge is 2.27. The normalized spacial score (nSPS) is 18.1. The molecule has 1 unspecified atom stereocenters. The lowest BCUT2D eigenvalue weighted by atomic mass is 10.2. The molecule has 1 aliphatic heterocycles. The van der Waals surface area contributed by atoms with E-state index >= 15 is 0 Å². The van der Waals surface area contributed by atoms with Crippen molar-refractivity contribution in [1.82, 2.24) is 25.3 Å². The van der Waals surface area contributed by atoms with Crippen LogP contribution < -0.4 is 5.32 Å². The van der Waals surface area contributed by atoms with Gasteiger partial charge in [-0.25, -0.2) is 4.98 Å². The molecule has 1 fully saturated rings. The van der Waals surface area contributed by atoms with Gasteiger partial charge in [-0.15, -0.1) is 12.4 Å². The third-order valence-corrected chi connectivity index (χ3v) is 4.27. The molecule has 1 atom stereocenters. The number of likely N-dealkylation sites (N-methyl/N-ethyl adjacent to an activating group) is 1. The number of oxazole rings is 1. The van der Waals surface area contributed by atoms with Crippen molar-refractivity contribution in [3.8, 4) is 23.0 Å². The summed E-state index contributed by atoms with van der Waals surface area (Å²) in [6.45, 7) is 4.59. The molecule has 25 heavy (non-hydrogen) atoms. The molecule has 3 heterocycles. The van der Waals surface area contributed by atoms with Crippen LogP contribution in [0, 0.1) is 6.92 Å². The molecule has 1 aliphatic rings. The highest BCUT2D eigenvalue weighted by Crippen LogP contribution is 2.28. The van der Waals surface area contributed by atoms with Gasteiger partial charge in [-0.05, 0) is 26.1 Å². The van der Waals surface area contributed by atoms with Crippen LogP contribution in [0.5, 0.6) is 0 Å². The predicted octanol–water partition coefficient (Wildman–Crippen LogP) is 2.70. The maximum absolute atomic E-state index is 5.77. The molecule has 132 valence electrons. The highest BCUT2D eigenvalue weighted by molar-refractivity contribution is 5.85.